The number of ether oxygens (including phenoxy) is 1. The van der Waals surface area contributed by atoms with E-state index in [1.807, 2.05) is 12.1 Å². The smallest absolute Gasteiger partial charge is 0.272 e. The molecule has 3 aromatic rings. The zero-order chi connectivity index (χ0) is 19.6. The Morgan fingerprint density at radius 1 is 1.00 bits per heavy atom. The number of carbonyl (C=O) groups excluding carboxylic acids is 2. The van der Waals surface area contributed by atoms with Gasteiger partial charge in [-0.15, -0.1) is 0 Å². The van der Waals surface area contributed by atoms with E-state index in [2.05, 4.69) is 10.3 Å². The van der Waals surface area contributed by atoms with E-state index in [4.69, 9.17) is 16.3 Å². The zero-order valence-corrected chi connectivity index (χ0v) is 16.0. The van der Waals surface area contributed by atoms with E-state index in [0.29, 0.717) is 44.7 Å². The predicted molar refractivity (Wildman–Crippen MR) is 106 cm³/mol. The van der Waals surface area contributed by atoms with E-state index in [9.17, 15) is 9.59 Å². The number of benzene rings is 2. The topological polar surface area (TPSA) is 71.2 Å². The first-order valence-electron chi connectivity index (χ1n) is 8.41. The zero-order valence-electron chi connectivity index (χ0n) is 15.2. The summed E-state index contributed by atoms with van der Waals surface area (Å²) >= 11 is 6.15. The summed E-state index contributed by atoms with van der Waals surface area (Å²) in [5.41, 5.74) is 2.69. The molecule has 0 saturated carbocycles. The van der Waals surface area contributed by atoms with Crippen molar-refractivity contribution in [3.05, 3.63) is 76.1 Å². The third-order valence-electron chi connectivity index (χ3n) is 4.21. The van der Waals surface area contributed by atoms with Gasteiger partial charge < -0.3 is 15.0 Å². The molecule has 0 aliphatic heterocycles. The summed E-state index contributed by atoms with van der Waals surface area (Å²) in [5, 5.41) is 3.31. The Hall–Kier alpha value is -3.05. The van der Waals surface area contributed by atoms with Crippen LogP contribution in [0.25, 0.3) is 0 Å². The van der Waals surface area contributed by atoms with Gasteiger partial charge in [0.15, 0.2) is 11.5 Å². The molecular weight excluding hydrogens is 364 g/mol. The van der Waals surface area contributed by atoms with E-state index < -0.39 is 0 Å². The number of nitrogens with one attached hydrogen (secondary N) is 2. The Morgan fingerprint density at radius 3 is 2.26 bits per heavy atom. The van der Waals surface area contributed by atoms with Crippen molar-refractivity contribution in [2.24, 2.45) is 0 Å². The maximum Gasteiger partial charge on any atom is 0.272 e. The number of carbonyl (C=O) groups is 2. The quantitative estimate of drug-likeness (QED) is 0.570. The number of aromatic amines is 1. The van der Waals surface area contributed by atoms with E-state index in [-0.39, 0.29) is 11.7 Å². The second-order valence-corrected chi connectivity index (χ2v) is 6.57. The summed E-state index contributed by atoms with van der Waals surface area (Å²) in [5.74, 6) is 0.527. The van der Waals surface area contributed by atoms with E-state index in [1.54, 1.807) is 50.2 Å². The summed E-state index contributed by atoms with van der Waals surface area (Å²) < 4.78 is 5.86. The fourth-order valence-corrected chi connectivity index (χ4v) is 3.17. The van der Waals surface area contributed by atoms with Gasteiger partial charge >= 0.3 is 0 Å². The summed E-state index contributed by atoms with van der Waals surface area (Å²) in [4.78, 5) is 27.5. The SMILES string of the molecule is CC(=O)c1c(C)[nH]c(C(=O)Nc2ccccc2Oc2ccccc2Cl)c1C. The molecule has 0 bridgehead atoms. The number of hydrogen-bond acceptors (Lipinski definition) is 3. The molecule has 2 aromatic carbocycles. The number of aromatic nitrogens is 1. The molecule has 0 saturated heterocycles. The lowest BCUT2D eigenvalue weighted by molar-refractivity contribution is 0.101. The second kappa shape index (κ2) is 7.68. The Balaban J connectivity index is 1.89. The van der Waals surface area contributed by atoms with E-state index >= 15 is 0 Å². The summed E-state index contributed by atoms with van der Waals surface area (Å²) in [7, 11) is 0. The molecular formula is C21H19ClN2O3. The number of ketones is 1. The Morgan fingerprint density at radius 2 is 1.63 bits per heavy atom. The van der Waals surface area contributed by atoms with Crippen LogP contribution < -0.4 is 10.1 Å². The minimum atomic E-state index is -0.349. The first kappa shape index (κ1) is 18.7. The van der Waals surface area contributed by atoms with Gasteiger partial charge in [0.1, 0.15) is 11.4 Å². The van der Waals surface area contributed by atoms with Crippen LogP contribution in [0.2, 0.25) is 5.02 Å². The number of para-hydroxylation sites is 3. The monoisotopic (exact) mass is 382 g/mol. The summed E-state index contributed by atoms with van der Waals surface area (Å²) in [6.07, 6.45) is 0. The van der Waals surface area contributed by atoms with Crippen LogP contribution in [-0.4, -0.2) is 16.7 Å². The number of rotatable bonds is 5. The third kappa shape index (κ3) is 3.88. The minimum Gasteiger partial charge on any atom is -0.454 e. The fraction of sp³-hybridized carbons (Fsp3) is 0.143. The molecule has 27 heavy (non-hydrogen) atoms. The lowest BCUT2D eigenvalue weighted by Gasteiger charge is -2.13. The molecule has 0 aliphatic carbocycles. The van der Waals surface area contributed by atoms with Gasteiger partial charge in [-0.05, 0) is 50.6 Å². The van der Waals surface area contributed by atoms with E-state index in [0.717, 1.165) is 0 Å². The van der Waals surface area contributed by atoms with Crippen molar-refractivity contribution in [2.75, 3.05) is 5.32 Å². The maximum atomic E-state index is 12.8. The van der Waals surface area contributed by atoms with Gasteiger partial charge in [0.05, 0.1) is 10.7 Å². The van der Waals surface area contributed by atoms with Gasteiger partial charge in [-0.1, -0.05) is 35.9 Å². The number of amides is 1. The van der Waals surface area contributed by atoms with Crippen LogP contribution >= 0.6 is 11.6 Å². The summed E-state index contributed by atoms with van der Waals surface area (Å²) in [6.45, 7) is 5.01. The average Bonchev–Trinajstić information content (AvgIpc) is 2.93. The summed E-state index contributed by atoms with van der Waals surface area (Å²) in [6, 6.07) is 14.2. The van der Waals surface area contributed by atoms with Gasteiger partial charge in [-0.2, -0.15) is 0 Å². The highest BCUT2D eigenvalue weighted by molar-refractivity contribution is 6.32. The number of halogens is 1. The lowest BCUT2D eigenvalue weighted by atomic mass is 10.1. The number of Topliss-reactive ketones (excluding diaryl/α,β-unsaturated/α-hetero) is 1. The molecule has 1 amide bonds. The van der Waals surface area contributed by atoms with Crippen molar-refractivity contribution in [1.82, 2.24) is 4.98 Å². The highest BCUT2D eigenvalue weighted by Gasteiger charge is 2.20. The molecule has 0 aliphatic rings. The lowest BCUT2D eigenvalue weighted by Crippen LogP contribution is -2.14. The third-order valence-corrected chi connectivity index (χ3v) is 4.52. The Bertz CT molecular complexity index is 1020. The Kier molecular flexibility index (Phi) is 5.33. The molecule has 0 radical (unpaired) electrons. The fourth-order valence-electron chi connectivity index (χ4n) is 2.99. The number of hydrogen-bond donors (Lipinski definition) is 2. The van der Waals surface area contributed by atoms with Gasteiger partial charge in [0.2, 0.25) is 0 Å². The highest BCUT2D eigenvalue weighted by atomic mass is 35.5. The maximum absolute atomic E-state index is 12.8. The van der Waals surface area contributed by atoms with Crippen molar-refractivity contribution < 1.29 is 14.3 Å². The van der Waals surface area contributed by atoms with Crippen molar-refractivity contribution in [2.45, 2.75) is 20.8 Å². The molecule has 3 rings (SSSR count). The molecule has 1 heterocycles. The van der Waals surface area contributed by atoms with Crippen LogP contribution in [0.15, 0.2) is 48.5 Å². The van der Waals surface area contributed by atoms with Gasteiger partial charge in [-0.3, -0.25) is 9.59 Å². The van der Waals surface area contributed by atoms with Gasteiger partial charge in [0.25, 0.3) is 5.91 Å². The first-order chi connectivity index (χ1) is 12.9. The highest BCUT2D eigenvalue weighted by Crippen LogP contribution is 2.33. The van der Waals surface area contributed by atoms with Gasteiger partial charge in [0, 0.05) is 11.3 Å². The molecule has 2 N–H and O–H groups in total. The molecule has 6 heteroatoms. The largest absolute Gasteiger partial charge is 0.454 e. The number of anilines is 1. The van der Waals surface area contributed by atoms with Crippen LogP contribution in [0, 0.1) is 13.8 Å². The van der Waals surface area contributed by atoms with Crippen molar-refractivity contribution in [3.63, 3.8) is 0 Å². The average molecular weight is 383 g/mol. The molecule has 0 unspecified atom stereocenters. The molecule has 0 fully saturated rings. The predicted octanol–water partition coefficient (Wildman–Crippen LogP) is 5.53. The van der Waals surface area contributed by atoms with Crippen LogP contribution in [0.5, 0.6) is 11.5 Å². The standard InChI is InChI=1S/C21H19ClN2O3/c1-12-19(14(3)25)13(2)23-20(12)21(26)24-16-9-5-7-11-18(16)27-17-10-6-4-8-15(17)22/h4-11,23H,1-3H3,(H,24,26). The molecule has 5 nitrogen and oxygen atoms in total. The van der Waals surface area contributed by atoms with Crippen LogP contribution in [0.3, 0.4) is 0 Å². The Labute approximate surface area is 162 Å². The molecule has 1 aromatic heterocycles. The van der Waals surface area contributed by atoms with Gasteiger partial charge in [-0.25, -0.2) is 0 Å². The minimum absolute atomic E-state index is 0.0808. The first-order valence-corrected chi connectivity index (χ1v) is 8.79. The molecule has 0 atom stereocenters. The molecule has 0 spiro atoms. The van der Waals surface area contributed by atoms with Crippen LogP contribution in [-0.2, 0) is 0 Å². The van der Waals surface area contributed by atoms with E-state index in [1.165, 1.54) is 6.92 Å². The normalized spacial score (nSPS) is 10.5. The van der Waals surface area contributed by atoms with Crippen LogP contribution in [0.1, 0.15) is 39.0 Å². The number of H-pyrrole nitrogens is 1. The van der Waals surface area contributed by atoms with Crippen molar-refractivity contribution in [3.8, 4) is 11.5 Å². The van der Waals surface area contributed by atoms with Crippen LogP contribution in [0.4, 0.5) is 5.69 Å². The second-order valence-electron chi connectivity index (χ2n) is 6.16. The molecule has 138 valence electrons. The van der Waals surface area contributed by atoms with Crippen molar-refractivity contribution in [1.29, 1.82) is 0 Å². The number of aryl methyl sites for hydroxylation is 1. The van der Waals surface area contributed by atoms with Crippen molar-refractivity contribution >= 4 is 29.0 Å².